The first-order valence-corrected chi connectivity index (χ1v) is 9.94. The summed E-state index contributed by atoms with van der Waals surface area (Å²) >= 11 is 0. The molecule has 7 heteroatoms. The third-order valence-corrected chi connectivity index (χ3v) is 4.98. The van der Waals surface area contributed by atoms with Crippen LogP contribution in [0.25, 0.3) is 0 Å². The summed E-state index contributed by atoms with van der Waals surface area (Å²) in [6.45, 7) is 4.43. The third kappa shape index (κ3) is 6.87. The second kappa shape index (κ2) is 10.6. The van der Waals surface area contributed by atoms with Gasteiger partial charge in [-0.25, -0.2) is 9.18 Å². The molecule has 1 saturated heterocycles. The van der Waals surface area contributed by atoms with Crippen molar-refractivity contribution in [3.05, 3.63) is 66.0 Å². The molecule has 0 radical (unpaired) electrons. The molecule has 1 aliphatic rings. The lowest BCUT2D eigenvalue weighted by molar-refractivity contribution is -0.120. The van der Waals surface area contributed by atoms with Crippen LogP contribution in [-0.2, 0) is 11.3 Å². The van der Waals surface area contributed by atoms with Gasteiger partial charge in [-0.2, -0.15) is 0 Å². The van der Waals surface area contributed by atoms with Gasteiger partial charge in [-0.3, -0.25) is 10.1 Å². The van der Waals surface area contributed by atoms with Gasteiger partial charge in [-0.15, -0.1) is 0 Å². The normalized spacial score (nSPS) is 14.9. The number of amides is 3. The lowest BCUT2D eigenvalue weighted by Crippen LogP contribution is -2.40. The minimum Gasteiger partial charge on any atom is -0.370 e. The summed E-state index contributed by atoms with van der Waals surface area (Å²) in [4.78, 5) is 28.4. The molecule has 1 heterocycles. The van der Waals surface area contributed by atoms with Crippen molar-refractivity contribution in [2.45, 2.75) is 19.4 Å². The number of benzene rings is 2. The lowest BCUT2D eigenvalue weighted by Gasteiger charge is -2.23. The highest BCUT2D eigenvalue weighted by atomic mass is 19.1. The van der Waals surface area contributed by atoms with Crippen LogP contribution in [0.1, 0.15) is 18.4 Å². The number of nitrogens with zero attached hydrogens (tertiary/aromatic N) is 2. The molecule has 0 bridgehead atoms. The van der Waals surface area contributed by atoms with Gasteiger partial charge in [0, 0.05) is 44.8 Å². The maximum absolute atomic E-state index is 13.1. The summed E-state index contributed by atoms with van der Waals surface area (Å²) in [6, 6.07) is 15.6. The van der Waals surface area contributed by atoms with E-state index in [4.69, 9.17) is 0 Å². The van der Waals surface area contributed by atoms with Gasteiger partial charge in [0.1, 0.15) is 5.82 Å². The van der Waals surface area contributed by atoms with Crippen LogP contribution in [0.5, 0.6) is 0 Å². The highest BCUT2D eigenvalue weighted by Crippen LogP contribution is 2.17. The van der Waals surface area contributed by atoms with Gasteiger partial charge in [0.05, 0.1) is 0 Å². The van der Waals surface area contributed by atoms with E-state index in [0.717, 1.165) is 43.9 Å². The van der Waals surface area contributed by atoms with E-state index in [0.29, 0.717) is 13.1 Å². The molecular formula is C22H27FN4O2. The minimum absolute atomic E-state index is 0.232. The molecular weight excluding hydrogens is 371 g/mol. The van der Waals surface area contributed by atoms with Gasteiger partial charge in [-0.05, 0) is 42.8 Å². The number of hydrogen-bond acceptors (Lipinski definition) is 4. The fourth-order valence-electron chi connectivity index (χ4n) is 3.38. The molecule has 0 aliphatic carbocycles. The molecule has 0 spiro atoms. The Morgan fingerprint density at radius 1 is 0.931 bits per heavy atom. The second-order valence-corrected chi connectivity index (χ2v) is 7.13. The highest BCUT2D eigenvalue weighted by Gasteiger charge is 2.16. The molecule has 2 aromatic carbocycles. The van der Waals surface area contributed by atoms with Crippen LogP contribution >= 0.6 is 0 Å². The van der Waals surface area contributed by atoms with Crippen LogP contribution in [0.2, 0.25) is 0 Å². The zero-order valence-corrected chi connectivity index (χ0v) is 16.4. The first-order valence-electron chi connectivity index (χ1n) is 9.94. The van der Waals surface area contributed by atoms with Crippen molar-refractivity contribution in [3.63, 3.8) is 0 Å². The summed E-state index contributed by atoms with van der Waals surface area (Å²) in [7, 11) is 0. The maximum atomic E-state index is 13.1. The lowest BCUT2D eigenvalue weighted by atomic mass is 10.2. The number of anilines is 1. The standard InChI is InChI=1S/C22H27FN4O2/c23-19-7-9-20(10-8-19)27-13-4-12-26(15-16-27)14-11-21(28)25-22(29)24-17-18-5-2-1-3-6-18/h1-3,5-10H,4,11-17H2,(H2,24,25,28,29). The molecule has 2 aromatic rings. The van der Waals surface area contributed by atoms with Crippen molar-refractivity contribution < 1.29 is 14.0 Å². The molecule has 6 nitrogen and oxygen atoms in total. The molecule has 0 unspecified atom stereocenters. The van der Waals surface area contributed by atoms with Crippen LogP contribution in [0.3, 0.4) is 0 Å². The van der Waals surface area contributed by atoms with Gasteiger partial charge in [0.25, 0.3) is 0 Å². The minimum atomic E-state index is -0.475. The summed E-state index contributed by atoms with van der Waals surface area (Å²) in [5.41, 5.74) is 1.99. The Bertz CT molecular complexity index is 798. The third-order valence-electron chi connectivity index (χ3n) is 4.98. The molecule has 2 N–H and O–H groups in total. The first-order chi connectivity index (χ1) is 14.1. The number of imide groups is 1. The Hall–Kier alpha value is -2.93. The van der Waals surface area contributed by atoms with E-state index < -0.39 is 6.03 Å². The van der Waals surface area contributed by atoms with Crippen LogP contribution in [0, 0.1) is 5.82 Å². The van der Waals surface area contributed by atoms with E-state index in [1.807, 2.05) is 30.3 Å². The quantitative estimate of drug-likeness (QED) is 0.785. The van der Waals surface area contributed by atoms with Crippen molar-refractivity contribution in [3.8, 4) is 0 Å². The average molecular weight is 398 g/mol. The van der Waals surface area contributed by atoms with Gasteiger partial charge >= 0.3 is 6.03 Å². The molecule has 1 aliphatic heterocycles. The van der Waals surface area contributed by atoms with E-state index in [2.05, 4.69) is 20.4 Å². The van der Waals surface area contributed by atoms with E-state index >= 15 is 0 Å². The molecule has 3 amide bonds. The number of hydrogen-bond donors (Lipinski definition) is 2. The first kappa shape index (κ1) is 20.8. The van der Waals surface area contributed by atoms with E-state index in [-0.39, 0.29) is 18.1 Å². The Labute approximate surface area is 170 Å². The molecule has 0 atom stereocenters. The number of urea groups is 1. The topological polar surface area (TPSA) is 64.7 Å². The predicted octanol–water partition coefficient (Wildman–Crippen LogP) is 2.75. The summed E-state index contributed by atoms with van der Waals surface area (Å²) in [6.07, 6.45) is 1.24. The van der Waals surface area contributed by atoms with E-state index in [1.165, 1.54) is 12.1 Å². The van der Waals surface area contributed by atoms with Crippen molar-refractivity contribution in [2.75, 3.05) is 37.6 Å². The van der Waals surface area contributed by atoms with Crippen molar-refractivity contribution in [1.82, 2.24) is 15.5 Å². The van der Waals surface area contributed by atoms with Crippen molar-refractivity contribution >= 4 is 17.6 Å². The predicted molar refractivity (Wildman–Crippen MR) is 111 cm³/mol. The molecule has 0 aromatic heterocycles. The molecule has 154 valence electrons. The number of carbonyl (C=O) groups is 2. The van der Waals surface area contributed by atoms with Crippen LogP contribution < -0.4 is 15.5 Å². The van der Waals surface area contributed by atoms with Crippen LogP contribution in [-0.4, -0.2) is 49.6 Å². The SMILES string of the molecule is O=C(CCN1CCCN(c2ccc(F)cc2)CC1)NC(=O)NCc1ccccc1. The molecule has 1 fully saturated rings. The van der Waals surface area contributed by atoms with Gasteiger partial charge in [0.2, 0.25) is 5.91 Å². The Morgan fingerprint density at radius 2 is 1.69 bits per heavy atom. The number of halogens is 1. The Kier molecular flexibility index (Phi) is 7.58. The summed E-state index contributed by atoms with van der Waals surface area (Å²) in [5, 5.41) is 5.07. The van der Waals surface area contributed by atoms with Crippen molar-refractivity contribution in [1.29, 1.82) is 0 Å². The number of carbonyl (C=O) groups excluding carboxylic acids is 2. The maximum Gasteiger partial charge on any atom is 0.321 e. The van der Waals surface area contributed by atoms with Crippen LogP contribution in [0.15, 0.2) is 54.6 Å². The highest BCUT2D eigenvalue weighted by molar-refractivity contribution is 5.94. The Morgan fingerprint density at radius 3 is 2.45 bits per heavy atom. The molecule has 0 saturated carbocycles. The van der Waals surface area contributed by atoms with Gasteiger partial charge < -0.3 is 15.1 Å². The van der Waals surface area contributed by atoms with E-state index in [1.54, 1.807) is 12.1 Å². The fourth-order valence-corrected chi connectivity index (χ4v) is 3.38. The van der Waals surface area contributed by atoms with Gasteiger partial charge in [0.15, 0.2) is 0 Å². The largest absolute Gasteiger partial charge is 0.370 e. The Balaban J connectivity index is 1.36. The van der Waals surface area contributed by atoms with E-state index in [9.17, 15) is 14.0 Å². The average Bonchev–Trinajstić information content (AvgIpc) is 2.98. The van der Waals surface area contributed by atoms with Crippen molar-refractivity contribution in [2.24, 2.45) is 0 Å². The fraction of sp³-hybridized carbons (Fsp3) is 0.364. The number of rotatable bonds is 6. The molecule has 3 rings (SSSR count). The van der Waals surface area contributed by atoms with Gasteiger partial charge in [-0.1, -0.05) is 30.3 Å². The summed E-state index contributed by atoms with van der Waals surface area (Å²) in [5.74, 6) is -0.515. The summed E-state index contributed by atoms with van der Waals surface area (Å²) < 4.78 is 13.1. The second-order valence-electron chi connectivity index (χ2n) is 7.13. The zero-order valence-electron chi connectivity index (χ0n) is 16.4. The molecule has 29 heavy (non-hydrogen) atoms. The monoisotopic (exact) mass is 398 g/mol. The van der Waals surface area contributed by atoms with Crippen LogP contribution in [0.4, 0.5) is 14.9 Å². The smallest absolute Gasteiger partial charge is 0.321 e. The number of nitrogens with one attached hydrogen (secondary N) is 2. The zero-order chi connectivity index (χ0) is 20.5.